The van der Waals surface area contributed by atoms with Crippen molar-refractivity contribution in [3.05, 3.63) is 0 Å². The third-order valence-corrected chi connectivity index (χ3v) is 1.69. The van der Waals surface area contributed by atoms with E-state index in [1.807, 2.05) is 25.7 Å². The molecule has 68 valence electrons. The van der Waals surface area contributed by atoms with Gasteiger partial charge in [-0.15, -0.1) is 0 Å². The Balaban J connectivity index is 2.82. The monoisotopic (exact) mass is 169 g/mol. The molecule has 0 unspecified atom stereocenters. The van der Waals surface area contributed by atoms with Crippen molar-refractivity contribution in [2.24, 2.45) is 21.5 Å². The number of hydrogen-bond donors (Lipinski definition) is 2. The quantitative estimate of drug-likeness (QED) is 0.522. The van der Waals surface area contributed by atoms with E-state index in [2.05, 4.69) is 9.98 Å². The first-order chi connectivity index (χ1) is 5.41. The second-order valence-electron chi connectivity index (χ2n) is 3.73. The summed E-state index contributed by atoms with van der Waals surface area (Å²) in [6, 6.07) is 0. The van der Waals surface area contributed by atoms with Crippen LogP contribution in [0.3, 0.4) is 0 Å². The lowest BCUT2D eigenvalue weighted by Crippen LogP contribution is -2.51. The lowest BCUT2D eigenvalue weighted by molar-refractivity contribution is 0.238. The Labute approximate surface area is 72.2 Å². The van der Waals surface area contributed by atoms with Gasteiger partial charge >= 0.3 is 0 Å². The first-order valence-electron chi connectivity index (χ1n) is 3.83. The maximum atomic E-state index is 5.67. The van der Waals surface area contributed by atoms with Crippen molar-refractivity contribution in [2.75, 3.05) is 6.67 Å². The molecule has 12 heavy (non-hydrogen) atoms. The first kappa shape index (κ1) is 8.83. The molecule has 0 radical (unpaired) electrons. The van der Waals surface area contributed by atoms with Crippen LogP contribution in [-0.2, 0) is 0 Å². The van der Waals surface area contributed by atoms with Gasteiger partial charge in [0.15, 0.2) is 0 Å². The van der Waals surface area contributed by atoms with Crippen LogP contribution in [0.4, 0.5) is 0 Å². The smallest absolute Gasteiger partial charge is 0.220 e. The summed E-state index contributed by atoms with van der Waals surface area (Å²) in [4.78, 5) is 9.75. The third kappa shape index (κ3) is 1.66. The van der Waals surface area contributed by atoms with E-state index in [1.165, 1.54) is 0 Å². The van der Waals surface area contributed by atoms with Gasteiger partial charge in [-0.05, 0) is 20.8 Å². The van der Waals surface area contributed by atoms with E-state index in [9.17, 15) is 0 Å². The fraction of sp³-hybridized carbons (Fsp3) is 0.714. The SMILES string of the molecule is CC(C)(C)N1CN=C(N)N=C1N. The molecular weight excluding hydrogens is 154 g/mol. The maximum absolute atomic E-state index is 5.67. The number of rotatable bonds is 0. The molecule has 0 spiro atoms. The molecule has 5 nitrogen and oxygen atoms in total. The third-order valence-electron chi connectivity index (χ3n) is 1.69. The summed E-state index contributed by atoms with van der Waals surface area (Å²) in [6.45, 7) is 6.63. The van der Waals surface area contributed by atoms with Crippen LogP contribution in [0.2, 0.25) is 0 Å². The van der Waals surface area contributed by atoms with Crippen molar-refractivity contribution in [3.8, 4) is 0 Å². The van der Waals surface area contributed by atoms with Crippen LogP contribution in [0, 0.1) is 0 Å². The fourth-order valence-corrected chi connectivity index (χ4v) is 0.984. The number of nitrogens with two attached hydrogens (primary N) is 2. The zero-order valence-electron chi connectivity index (χ0n) is 7.70. The molecule has 1 aliphatic heterocycles. The van der Waals surface area contributed by atoms with Gasteiger partial charge in [-0.25, -0.2) is 4.99 Å². The average molecular weight is 169 g/mol. The van der Waals surface area contributed by atoms with Gasteiger partial charge in [0, 0.05) is 5.54 Å². The molecule has 1 aliphatic rings. The highest BCUT2D eigenvalue weighted by molar-refractivity contribution is 5.95. The summed E-state index contributed by atoms with van der Waals surface area (Å²) in [5.41, 5.74) is 11.0. The molecule has 0 atom stereocenters. The first-order valence-corrected chi connectivity index (χ1v) is 3.83. The van der Waals surface area contributed by atoms with Crippen molar-refractivity contribution in [3.63, 3.8) is 0 Å². The number of nitrogens with zero attached hydrogens (tertiary/aromatic N) is 3. The second kappa shape index (κ2) is 2.66. The zero-order valence-corrected chi connectivity index (χ0v) is 7.70. The van der Waals surface area contributed by atoms with Gasteiger partial charge in [-0.2, -0.15) is 4.99 Å². The second-order valence-corrected chi connectivity index (χ2v) is 3.73. The fourth-order valence-electron chi connectivity index (χ4n) is 0.984. The summed E-state index contributed by atoms with van der Waals surface area (Å²) < 4.78 is 0. The van der Waals surface area contributed by atoms with Crippen molar-refractivity contribution >= 4 is 11.9 Å². The number of hydrogen-bond acceptors (Lipinski definition) is 5. The van der Waals surface area contributed by atoms with Crippen molar-refractivity contribution in [2.45, 2.75) is 26.3 Å². The topological polar surface area (TPSA) is 80.0 Å². The molecule has 0 saturated heterocycles. The van der Waals surface area contributed by atoms with Crippen LogP contribution < -0.4 is 11.5 Å². The Morgan fingerprint density at radius 3 is 2.33 bits per heavy atom. The van der Waals surface area contributed by atoms with E-state index in [1.54, 1.807) is 0 Å². The van der Waals surface area contributed by atoms with E-state index in [-0.39, 0.29) is 11.5 Å². The van der Waals surface area contributed by atoms with Crippen molar-refractivity contribution in [1.29, 1.82) is 0 Å². The average Bonchev–Trinajstić information content (AvgIpc) is 1.83. The molecular formula is C7H15N5. The molecule has 0 fully saturated rings. The highest BCUT2D eigenvalue weighted by Crippen LogP contribution is 2.13. The van der Waals surface area contributed by atoms with Crippen LogP contribution in [0.15, 0.2) is 9.98 Å². The van der Waals surface area contributed by atoms with E-state index in [4.69, 9.17) is 11.5 Å². The molecule has 0 amide bonds. The Kier molecular flexibility index (Phi) is 1.95. The van der Waals surface area contributed by atoms with E-state index in [0.717, 1.165) is 0 Å². The van der Waals surface area contributed by atoms with Crippen LogP contribution in [0.25, 0.3) is 0 Å². The summed E-state index contributed by atoms with van der Waals surface area (Å²) in [6.07, 6.45) is 0. The predicted octanol–water partition coefficient (Wildman–Crippen LogP) is -0.313. The standard InChI is InChI=1S/C7H15N5/c1-7(2,3)12-4-10-5(8)11-6(12)9/h4H2,1-3H3,(H4,8,9,10,11). The molecule has 0 aromatic heterocycles. The molecule has 4 N–H and O–H groups in total. The van der Waals surface area contributed by atoms with Gasteiger partial charge in [0.05, 0.1) is 0 Å². The Hall–Kier alpha value is -1.26. The van der Waals surface area contributed by atoms with E-state index >= 15 is 0 Å². The summed E-state index contributed by atoms with van der Waals surface area (Å²) >= 11 is 0. The minimum atomic E-state index is -0.0578. The molecule has 0 aliphatic carbocycles. The van der Waals surface area contributed by atoms with Crippen LogP contribution in [0.5, 0.6) is 0 Å². The van der Waals surface area contributed by atoms with Gasteiger partial charge in [-0.1, -0.05) is 0 Å². The van der Waals surface area contributed by atoms with E-state index < -0.39 is 0 Å². The van der Waals surface area contributed by atoms with Gasteiger partial charge in [0.2, 0.25) is 11.9 Å². The van der Waals surface area contributed by atoms with Crippen molar-refractivity contribution in [1.82, 2.24) is 4.90 Å². The lowest BCUT2D eigenvalue weighted by atomic mass is 10.1. The Morgan fingerprint density at radius 2 is 1.92 bits per heavy atom. The summed E-state index contributed by atoms with van der Waals surface area (Å²) in [7, 11) is 0. The normalized spacial score (nSPS) is 18.8. The van der Waals surface area contributed by atoms with Gasteiger partial charge in [-0.3, -0.25) is 0 Å². The largest absolute Gasteiger partial charge is 0.369 e. The molecule has 0 saturated carbocycles. The molecule has 0 bridgehead atoms. The molecule has 0 aromatic rings. The minimum absolute atomic E-state index is 0.0578. The van der Waals surface area contributed by atoms with Crippen LogP contribution in [0.1, 0.15) is 20.8 Å². The summed E-state index contributed by atoms with van der Waals surface area (Å²) in [5, 5.41) is 0. The van der Waals surface area contributed by atoms with E-state index in [0.29, 0.717) is 12.6 Å². The number of guanidine groups is 2. The zero-order chi connectivity index (χ0) is 9.35. The molecule has 1 heterocycles. The Bertz CT molecular complexity index is 235. The number of aliphatic imine (C=N–C) groups is 2. The minimum Gasteiger partial charge on any atom is -0.369 e. The summed E-state index contributed by atoms with van der Waals surface area (Å²) in [5.74, 6) is 0.697. The predicted molar refractivity (Wildman–Crippen MR) is 49.7 cm³/mol. The van der Waals surface area contributed by atoms with Gasteiger partial charge in [0.1, 0.15) is 6.67 Å². The van der Waals surface area contributed by atoms with Crippen molar-refractivity contribution < 1.29 is 0 Å². The molecule has 0 aromatic carbocycles. The lowest BCUT2D eigenvalue weighted by Gasteiger charge is -2.36. The molecule has 1 rings (SSSR count). The molecule has 5 heteroatoms. The highest BCUT2D eigenvalue weighted by Gasteiger charge is 2.24. The van der Waals surface area contributed by atoms with Crippen LogP contribution in [-0.4, -0.2) is 29.0 Å². The van der Waals surface area contributed by atoms with Gasteiger partial charge < -0.3 is 16.4 Å². The highest BCUT2D eigenvalue weighted by atomic mass is 15.4. The Morgan fingerprint density at radius 1 is 1.33 bits per heavy atom. The van der Waals surface area contributed by atoms with Gasteiger partial charge in [0.25, 0.3) is 0 Å². The maximum Gasteiger partial charge on any atom is 0.220 e. The van der Waals surface area contributed by atoms with Crippen LogP contribution >= 0.6 is 0 Å².